The molecule has 1 atom stereocenters. The summed E-state index contributed by atoms with van der Waals surface area (Å²) in [6, 6.07) is 5.36. The summed E-state index contributed by atoms with van der Waals surface area (Å²) in [5.41, 5.74) is 1.61. The average molecular weight is 332 g/mol. The van der Waals surface area contributed by atoms with Crippen LogP contribution in [0.5, 0.6) is 0 Å². The van der Waals surface area contributed by atoms with Gasteiger partial charge in [0, 0.05) is 10.9 Å². The Morgan fingerprint density at radius 1 is 1.17 bits per heavy atom. The van der Waals surface area contributed by atoms with Crippen LogP contribution in [0.1, 0.15) is 22.0 Å². The predicted molar refractivity (Wildman–Crippen MR) is 74.0 cm³/mol. The van der Waals surface area contributed by atoms with Crippen LogP contribution in [-0.4, -0.2) is 7.05 Å². The molecule has 0 saturated heterocycles. The molecule has 0 saturated carbocycles. The molecular formula is C13H12BrF2NS. The fourth-order valence-electron chi connectivity index (χ4n) is 1.99. The lowest BCUT2D eigenvalue weighted by Gasteiger charge is -2.17. The van der Waals surface area contributed by atoms with E-state index in [4.69, 9.17) is 0 Å². The van der Waals surface area contributed by atoms with E-state index in [0.29, 0.717) is 5.56 Å². The van der Waals surface area contributed by atoms with Gasteiger partial charge in [-0.25, -0.2) is 8.78 Å². The van der Waals surface area contributed by atoms with Crippen LogP contribution in [0, 0.1) is 18.6 Å². The predicted octanol–water partition coefficient (Wildman–Crippen LogP) is 4.41. The van der Waals surface area contributed by atoms with Gasteiger partial charge in [-0.3, -0.25) is 0 Å². The molecule has 2 aromatic rings. The molecule has 0 aliphatic rings. The van der Waals surface area contributed by atoms with Crippen LogP contribution in [0.4, 0.5) is 8.78 Å². The summed E-state index contributed by atoms with van der Waals surface area (Å²) < 4.78 is 27.6. The van der Waals surface area contributed by atoms with Crippen molar-refractivity contribution in [2.45, 2.75) is 13.0 Å². The number of nitrogens with one attached hydrogen (secondary N) is 1. The van der Waals surface area contributed by atoms with E-state index in [0.717, 1.165) is 20.3 Å². The third-order valence-electron chi connectivity index (χ3n) is 2.74. The number of halogens is 3. The van der Waals surface area contributed by atoms with Gasteiger partial charge in [0.05, 0.1) is 9.83 Å². The molecule has 96 valence electrons. The van der Waals surface area contributed by atoms with Crippen molar-refractivity contribution < 1.29 is 8.78 Å². The largest absolute Gasteiger partial charge is 0.309 e. The first-order chi connectivity index (χ1) is 8.51. The second-order valence-electron chi connectivity index (χ2n) is 3.99. The molecule has 0 aliphatic heterocycles. The van der Waals surface area contributed by atoms with Gasteiger partial charge in [0.1, 0.15) is 11.6 Å². The van der Waals surface area contributed by atoms with Crippen LogP contribution in [0.3, 0.4) is 0 Å². The van der Waals surface area contributed by atoms with Gasteiger partial charge in [0.25, 0.3) is 0 Å². The van der Waals surface area contributed by atoms with Crippen molar-refractivity contribution in [1.82, 2.24) is 5.32 Å². The molecule has 0 spiro atoms. The first-order valence-electron chi connectivity index (χ1n) is 5.40. The Balaban J connectivity index is 2.48. The number of hydrogen-bond acceptors (Lipinski definition) is 2. The van der Waals surface area contributed by atoms with Crippen LogP contribution in [-0.2, 0) is 0 Å². The van der Waals surface area contributed by atoms with Crippen molar-refractivity contribution in [2.75, 3.05) is 7.05 Å². The third kappa shape index (κ3) is 2.79. The van der Waals surface area contributed by atoms with Gasteiger partial charge in [-0.15, -0.1) is 11.3 Å². The lowest BCUT2D eigenvalue weighted by molar-refractivity contribution is 0.571. The Labute approximate surface area is 117 Å². The van der Waals surface area contributed by atoms with E-state index >= 15 is 0 Å². The zero-order valence-corrected chi connectivity index (χ0v) is 12.3. The summed E-state index contributed by atoms with van der Waals surface area (Å²) in [6.07, 6.45) is 0. The van der Waals surface area contributed by atoms with Gasteiger partial charge in [0.15, 0.2) is 0 Å². The molecule has 0 fully saturated rings. The quantitative estimate of drug-likeness (QED) is 0.878. The Kier molecular flexibility index (Phi) is 4.14. The van der Waals surface area contributed by atoms with Crippen LogP contribution in [0.15, 0.2) is 28.1 Å². The molecule has 1 nitrogen and oxygen atoms in total. The maximum absolute atomic E-state index is 13.3. The van der Waals surface area contributed by atoms with E-state index in [2.05, 4.69) is 21.2 Å². The minimum absolute atomic E-state index is 0.210. The maximum atomic E-state index is 13.3. The molecule has 1 unspecified atom stereocenters. The standard InChI is InChI=1S/C13H12BrF2NS/c1-7-11(6-12(14)18-7)13(17-2)8-3-9(15)5-10(16)4-8/h3-6,13,17H,1-2H3. The first-order valence-corrected chi connectivity index (χ1v) is 7.01. The minimum atomic E-state index is -0.558. The maximum Gasteiger partial charge on any atom is 0.126 e. The summed E-state index contributed by atoms with van der Waals surface area (Å²) in [4.78, 5) is 1.12. The van der Waals surface area contributed by atoms with Crippen LogP contribution >= 0.6 is 27.3 Å². The summed E-state index contributed by atoms with van der Waals surface area (Å²) in [7, 11) is 1.78. The smallest absolute Gasteiger partial charge is 0.126 e. The van der Waals surface area contributed by atoms with Crippen molar-refractivity contribution in [2.24, 2.45) is 0 Å². The fourth-order valence-corrected chi connectivity index (χ4v) is 3.74. The summed E-state index contributed by atoms with van der Waals surface area (Å²) >= 11 is 5.03. The van der Waals surface area contributed by atoms with E-state index in [-0.39, 0.29) is 6.04 Å². The highest BCUT2D eigenvalue weighted by Crippen LogP contribution is 2.33. The molecule has 5 heteroatoms. The van der Waals surface area contributed by atoms with Gasteiger partial charge >= 0.3 is 0 Å². The van der Waals surface area contributed by atoms with Gasteiger partial charge in [-0.05, 0) is 59.2 Å². The zero-order chi connectivity index (χ0) is 13.3. The third-order valence-corrected chi connectivity index (χ3v) is 4.31. The van der Waals surface area contributed by atoms with E-state index in [1.165, 1.54) is 12.1 Å². The number of thiophene rings is 1. The van der Waals surface area contributed by atoms with Gasteiger partial charge in [-0.2, -0.15) is 0 Å². The summed E-state index contributed by atoms with van der Waals surface area (Å²) in [6.45, 7) is 1.99. The van der Waals surface area contributed by atoms with E-state index in [1.807, 2.05) is 13.0 Å². The first kappa shape index (κ1) is 13.6. The molecular weight excluding hydrogens is 320 g/mol. The van der Waals surface area contributed by atoms with E-state index in [1.54, 1.807) is 18.4 Å². The average Bonchev–Trinajstić information content (AvgIpc) is 2.58. The molecule has 0 radical (unpaired) electrons. The minimum Gasteiger partial charge on any atom is -0.309 e. The van der Waals surface area contributed by atoms with Crippen molar-refractivity contribution in [3.8, 4) is 0 Å². The van der Waals surface area contributed by atoms with Gasteiger partial charge in [0.2, 0.25) is 0 Å². The number of benzene rings is 1. The highest BCUT2D eigenvalue weighted by Gasteiger charge is 2.18. The number of aryl methyl sites for hydroxylation is 1. The normalized spacial score (nSPS) is 12.7. The summed E-state index contributed by atoms with van der Waals surface area (Å²) in [5, 5.41) is 3.10. The van der Waals surface area contributed by atoms with Crippen molar-refractivity contribution >= 4 is 27.3 Å². The highest BCUT2D eigenvalue weighted by molar-refractivity contribution is 9.11. The Hall–Kier alpha value is -0.780. The van der Waals surface area contributed by atoms with Gasteiger partial charge < -0.3 is 5.32 Å². The van der Waals surface area contributed by atoms with Crippen molar-refractivity contribution in [3.05, 3.63) is 55.7 Å². The lowest BCUT2D eigenvalue weighted by atomic mass is 9.99. The lowest BCUT2D eigenvalue weighted by Crippen LogP contribution is -2.18. The Morgan fingerprint density at radius 2 is 1.78 bits per heavy atom. The molecule has 18 heavy (non-hydrogen) atoms. The highest BCUT2D eigenvalue weighted by atomic mass is 79.9. The number of rotatable bonds is 3. The summed E-state index contributed by atoms with van der Waals surface area (Å²) in [5.74, 6) is -1.12. The van der Waals surface area contributed by atoms with E-state index < -0.39 is 11.6 Å². The monoisotopic (exact) mass is 331 g/mol. The van der Waals surface area contributed by atoms with Crippen molar-refractivity contribution in [1.29, 1.82) is 0 Å². The molecule has 1 N–H and O–H groups in total. The Bertz CT molecular complexity index is 548. The molecule has 1 aromatic carbocycles. The fraction of sp³-hybridized carbons (Fsp3) is 0.231. The molecule has 0 bridgehead atoms. The van der Waals surface area contributed by atoms with Crippen LogP contribution in [0.2, 0.25) is 0 Å². The molecule has 2 rings (SSSR count). The SMILES string of the molecule is CNC(c1cc(F)cc(F)c1)c1cc(Br)sc1C. The van der Waals surface area contributed by atoms with Crippen molar-refractivity contribution in [3.63, 3.8) is 0 Å². The number of hydrogen-bond donors (Lipinski definition) is 1. The van der Waals surface area contributed by atoms with Gasteiger partial charge in [-0.1, -0.05) is 0 Å². The molecule has 0 amide bonds. The Morgan fingerprint density at radius 3 is 2.22 bits per heavy atom. The topological polar surface area (TPSA) is 12.0 Å². The van der Waals surface area contributed by atoms with Crippen LogP contribution in [0.25, 0.3) is 0 Å². The second-order valence-corrected chi connectivity index (χ2v) is 6.62. The van der Waals surface area contributed by atoms with E-state index in [9.17, 15) is 8.78 Å². The second kappa shape index (κ2) is 5.47. The molecule has 1 aromatic heterocycles. The molecule has 1 heterocycles. The zero-order valence-electron chi connectivity index (χ0n) is 9.93. The van der Waals surface area contributed by atoms with Crippen LogP contribution < -0.4 is 5.32 Å². The molecule has 0 aliphatic carbocycles.